The third kappa shape index (κ3) is 2.82. The molecule has 1 N–H and O–H groups in total. The predicted octanol–water partition coefficient (Wildman–Crippen LogP) is 3.45. The van der Waals surface area contributed by atoms with Gasteiger partial charge in [-0.05, 0) is 24.1 Å². The zero-order valence-electron chi connectivity index (χ0n) is 8.26. The number of benzene rings is 1. The Hall–Kier alpha value is -1.36. The van der Waals surface area contributed by atoms with E-state index in [2.05, 4.69) is 6.58 Å². The van der Waals surface area contributed by atoms with Gasteiger partial charge in [0.15, 0.2) is 0 Å². The summed E-state index contributed by atoms with van der Waals surface area (Å²) in [5.41, 5.74) is -1.35. The van der Waals surface area contributed by atoms with Crippen molar-refractivity contribution in [2.24, 2.45) is 0 Å². The molecular formula is C11H10F4O. The van der Waals surface area contributed by atoms with Gasteiger partial charge in [-0.2, -0.15) is 13.2 Å². The van der Waals surface area contributed by atoms with Crippen LogP contribution in [0.4, 0.5) is 17.6 Å². The van der Waals surface area contributed by atoms with Crippen LogP contribution in [0.2, 0.25) is 0 Å². The summed E-state index contributed by atoms with van der Waals surface area (Å²) in [7, 11) is 0. The van der Waals surface area contributed by atoms with E-state index in [0.717, 1.165) is 6.07 Å². The standard InChI is InChI=1S/C11H10F4O/c1-2-3-10(16)7-4-5-9(12)8(6-7)11(13,14)15/h2,4-6,10,16H,1,3H2. The average molecular weight is 234 g/mol. The molecule has 1 aromatic carbocycles. The zero-order chi connectivity index (χ0) is 12.3. The lowest BCUT2D eigenvalue weighted by atomic mass is 10.0. The summed E-state index contributed by atoms with van der Waals surface area (Å²) in [6.07, 6.45) is -4.36. The molecule has 0 aliphatic heterocycles. The van der Waals surface area contributed by atoms with Crippen molar-refractivity contribution in [1.82, 2.24) is 0 Å². The first-order chi connectivity index (χ1) is 7.36. The molecule has 1 unspecified atom stereocenters. The van der Waals surface area contributed by atoms with Gasteiger partial charge in [-0.25, -0.2) is 4.39 Å². The molecule has 5 heteroatoms. The third-order valence-corrected chi connectivity index (χ3v) is 2.07. The molecule has 0 aliphatic rings. The molecule has 16 heavy (non-hydrogen) atoms. The lowest BCUT2D eigenvalue weighted by Crippen LogP contribution is -2.09. The first kappa shape index (κ1) is 12.7. The fraction of sp³-hybridized carbons (Fsp3) is 0.273. The van der Waals surface area contributed by atoms with Crippen molar-refractivity contribution in [2.45, 2.75) is 18.7 Å². The van der Waals surface area contributed by atoms with Crippen LogP contribution in [0.25, 0.3) is 0 Å². The molecule has 1 aromatic rings. The van der Waals surface area contributed by atoms with Crippen LogP contribution < -0.4 is 0 Å². The van der Waals surface area contributed by atoms with Crippen LogP contribution >= 0.6 is 0 Å². The number of rotatable bonds is 3. The molecule has 1 atom stereocenters. The minimum Gasteiger partial charge on any atom is -0.388 e. The Morgan fingerprint density at radius 2 is 2.00 bits per heavy atom. The van der Waals surface area contributed by atoms with Crippen LogP contribution in [0.15, 0.2) is 30.9 Å². The third-order valence-electron chi connectivity index (χ3n) is 2.07. The van der Waals surface area contributed by atoms with Gasteiger partial charge in [-0.15, -0.1) is 6.58 Å². The molecule has 0 heterocycles. The van der Waals surface area contributed by atoms with Crippen molar-refractivity contribution in [3.05, 3.63) is 47.8 Å². The Labute approximate surface area is 90.0 Å². The van der Waals surface area contributed by atoms with Gasteiger partial charge in [0.2, 0.25) is 0 Å². The molecule has 1 nitrogen and oxygen atoms in total. The molecule has 0 radical (unpaired) electrons. The Balaban J connectivity index is 3.12. The minimum absolute atomic E-state index is 0.0219. The predicted molar refractivity (Wildman–Crippen MR) is 51.2 cm³/mol. The highest BCUT2D eigenvalue weighted by Gasteiger charge is 2.34. The van der Waals surface area contributed by atoms with Gasteiger partial charge in [0.25, 0.3) is 0 Å². The van der Waals surface area contributed by atoms with Gasteiger partial charge >= 0.3 is 6.18 Å². The van der Waals surface area contributed by atoms with Gasteiger partial charge in [0.1, 0.15) is 5.82 Å². The molecule has 0 amide bonds. The van der Waals surface area contributed by atoms with Gasteiger partial charge in [-0.1, -0.05) is 12.1 Å². The number of hydrogen-bond donors (Lipinski definition) is 1. The SMILES string of the molecule is C=CCC(O)c1ccc(F)c(C(F)(F)F)c1. The van der Waals surface area contributed by atoms with Crippen LogP contribution in [-0.4, -0.2) is 5.11 Å². The van der Waals surface area contributed by atoms with Crippen molar-refractivity contribution in [3.63, 3.8) is 0 Å². The molecule has 0 aromatic heterocycles. The molecule has 0 bridgehead atoms. The highest BCUT2D eigenvalue weighted by molar-refractivity contribution is 5.29. The molecular weight excluding hydrogens is 224 g/mol. The van der Waals surface area contributed by atoms with E-state index in [1.807, 2.05) is 0 Å². The average Bonchev–Trinajstić information content (AvgIpc) is 2.16. The second-order valence-electron chi connectivity index (χ2n) is 3.28. The summed E-state index contributed by atoms with van der Waals surface area (Å²) < 4.78 is 49.9. The Kier molecular flexibility index (Phi) is 3.70. The summed E-state index contributed by atoms with van der Waals surface area (Å²) >= 11 is 0. The van der Waals surface area contributed by atoms with E-state index in [0.29, 0.717) is 12.1 Å². The Morgan fingerprint density at radius 1 is 1.38 bits per heavy atom. The number of aliphatic hydroxyl groups is 1. The normalized spacial score (nSPS) is 13.6. The molecule has 0 aliphatic carbocycles. The Bertz CT molecular complexity index is 384. The molecule has 1 rings (SSSR count). The van der Waals surface area contributed by atoms with Crippen molar-refractivity contribution >= 4 is 0 Å². The van der Waals surface area contributed by atoms with E-state index in [-0.39, 0.29) is 12.0 Å². The number of aliphatic hydroxyl groups excluding tert-OH is 1. The highest BCUT2D eigenvalue weighted by atomic mass is 19.4. The molecule has 0 saturated carbocycles. The van der Waals surface area contributed by atoms with E-state index >= 15 is 0 Å². The van der Waals surface area contributed by atoms with E-state index in [1.165, 1.54) is 6.08 Å². The summed E-state index contributed by atoms with van der Waals surface area (Å²) in [6.45, 7) is 3.36. The van der Waals surface area contributed by atoms with E-state index < -0.39 is 23.7 Å². The monoisotopic (exact) mass is 234 g/mol. The van der Waals surface area contributed by atoms with Crippen LogP contribution in [0, 0.1) is 5.82 Å². The van der Waals surface area contributed by atoms with E-state index in [1.54, 1.807) is 0 Å². The summed E-state index contributed by atoms with van der Waals surface area (Å²) in [5, 5.41) is 9.44. The fourth-order valence-electron chi connectivity index (χ4n) is 1.26. The number of hydrogen-bond acceptors (Lipinski definition) is 1. The van der Waals surface area contributed by atoms with Gasteiger partial charge in [0, 0.05) is 0 Å². The van der Waals surface area contributed by atoms with Crippen LogP contribution in [0.3, 0.4) is 0 Å². The molecule has 88 valence electrons. The first-order valence-corrected chi connectivity index (χ1v) is 4.52. The number of halogens is 4. The second kappa shape index (κ2) is 4.65. The highest BCUT2D eigenvalue weighted by Crippen LogP contribution is 2.33. The maximum atomic E-state index is 12.9. The van der Waals surface area contributed by atoms with Crippen molar-refractivity contribution in [2.75, 3.05) is 0 Å². The van der Waals surface area contributed by atoms with Crippen LogP contribution in [-0.2, 0) is 6.18 Å². The molecule has 0 fully saturated rings. The maximum absolute atomic E-state index is 12.9. The van der Waals surface area contributed by atoms with E-state index in [9.17, 15) is 22.7 Å². The minimum atomic E-state index is -4.76. The summed E-state index contributed by atoms with van der Waals surface area (Å²) in [4.78, 5) is 0. The van der Waals surface area contributed by atoms with Gasteiger partial charge < -0.3 is 5.11 Å². The van der Waals surface area contributed by atoms with Crippen LogP contribution in [0.1, 0.15) is 23.7 Å². The van der Waals surface area contributed by atoms with Gasteiger partial charge in [0.05, 0.1) is 11.7 Å². The van der Waals surface area contributed by atoms with Crippen LogP contribution in [0.5, 0.6) is 0 Å². The molecule has 0 saturated heterocycles. The fourth-order valence-corrected chi connectivity index (χ4v) is 1.26. The quantitative estimate of drug-likeness (QED) is 0.627. The topological polar surface area (TPSA) is 20.2 Å². The van der Waals surface area contributed by atoms with Crippen molar-refractivity contribution < 1.29 is 22.7 Å². The summed E-state index contributed by atoms with van der Waals surface area (Å²) in [6, 6.07) is 2.44. The lowest BCUT2D eigenvalue weighted by molar-refractivity contribution is -0.140. The zero-order valence-corrected chi connectivity index (χ0v) is 8.26. The van der Waals surface area contributed by atoms with Crippen molar-refractivity contribution in [1.29, 1.82) is 0 Å². The maximum Gasteiger partial charge on any atom is 0.419 e. The Morgan fingerprint density at radius 3 is 2.50 bits per heavy atom. The van der Waals surface area contributed by atoms with Crippen molar-refractivity contribution in [3.8, 4) is 0 Å². The largest absolute Gasteiger partial charge is 0.419 e. The second-order valence-corrected chi connectivity index (χ2v) is 3.28. The first-order valence-electron chi connectivity index (χ1n) is 4.52. The lowest BCUT2D eigenvalue weighted by Gasteiger charge is -2.13. The smallest absolute Gasteiger partial charge is 0.388 e. The summed E-state index contributed by atoms with van der Waals surface area (Å²) in [5.74, 6) is -1.35. The number of alkyl halides is 3. The molecule has 0 spiro atoms. The van der Waals surface area contributed by atoms with E-state index in [4.69, 9.17) is 0 Å². The van der Waals surface area contributed by atoms with Gasteiger partial charge in [-0.3, -0.25) is 0 Å².